The van der Waals surface area contributed by atoms with Crippen LogP contribution in [0.2, 0.25) is 0 Å². The quantitative estimate of drug-likeness (QED) is 0.770. The van der Waals surface area contributed by atoms with Crippen LogP contribution in [-0.2, 0) is 4.74 Å². The van der Waals surface area contributed by atoms with Crippen molar-refractivity contribution in [2.24, 2.45) is 0 Å². The summed E-state index contributed by atoms with van der Waals surface area (Å²) >= 11 is 0. The third-order valence-electron chi connectivity index (χ3n) is 2.55. The molecule has 3 heteroatoms. The SMILES string of the molecule is CCOC(=O)c1ccc(-c2cccc(F)c2)cc1. The van der Waals surface area contributed by atoms with E-state index in [2.05, 4.69) is 0 Å². The average molecular weight is 244 g/mol. The number of ether oxygens (including phenoxy) is 1. The second-order valence-electron chi connectivity index (χ2n) is 3.81. The highest BCUT2D eigenvalue weighted by Crippen LogP contribution is 2.20. The average Bonchev–Trinajstić information content (AvgIpc) is 2.39. The number of rotatable bonds is 3. The molecule has 2 aromatic rings. The summed E-state index contributed by atoms with van der Waals surface area (Å²) in [5, 5.41) is 0. The van der Waals surface area contributed by atoms with Gasteiger partial charge in [-0.15, -0.1) is 0 Å². The Morgan fingerprint density at radius 1 is 1.11 bits per heavy atom. The minimum absolute atomic E-state index is 0.276. The molecule has 0 heterocycles. The Bertz CT molecular complexity index is 547. The van der Waals surface area contributed by atoms with Crippen molar-refractivity contribution in [3.63, 3.8) is 0 Å². The topological polar surface area (TPSA) is 26.3 Å². The molecule has 0 radical (unpaired) electrons. The first kappa shape index (κ1) is 12.3. The molecule has 0 aliphatic rings. The molecule has 2 aromatic carbocycles. The summed E-state index contributed by atoms with van der Waals surface area (Å²) in [7, 11) is 0. The van der Waals surface area contributed by atoms with E-state index in [0.29, 0.717) is 12.2 Å². The van der Waals surface area contributed by atoms with Crippen molar-refractivity contribution in [2.75, 3.05) is 6.61 Å². The highest BCUT2D eigenvalue weighted by atomic mass is 19.1. The zero-order valence-corrected chi connectivity index (χ0v) is 10.0. The highest BCUT2D eigenvalue weighted by molar-refractivity contribution is 5.90. The first-order valence-electron chi connectivity index (χ1n) is 5.74. The second kappa shape index (κ2) is 5.45. The molecule has 0 saturated heterocycles. The van der Waals surface area contributed by atoms with Crippen molar-refractivity contribution in [3.05, 3.63) is 59.9 Å². The van der Waals surface area contributed by atoms with Gasteiger partial charge in [-0.2, -0.15) is 0 Å². The Balaban J connectivity index is 2.25. The van der Waals surface area contributed by atoms with Crippen LogP contribution >= 0.6 is 0 Å². The molecule has 0 aliphatic carbocycles. The highest BCUT2D eigenvalue weighted by Gasteiger charge is 2.06. The van der Waals surface area contributed by atoms with Crippen LogP contribution in [-0.4, -0.2) is 12.6 Å². The van der Waals surface area contributed by atoms with Gasteiger partial charge in [0.2, 0.25) is 0 Å². The monoisotopic (exact) mass is 244 g/mol. The Morgan fingerprint density at radius 3 is 2.44 bits per heavy atom. The van der Waals surface area contributed by atoms with Gasteiger partial charge in [0.1, 0.15) is 5.82 Å². The molecule has 0 saturated carbocycles. The van der Waals surface area contributed by atoms with E-state index in [1.54, 1.807) is 37.3 Å². The predicted octanol–water partition coefficient (Wildman–Crippen LogP) is 3.67. The fourth-order valence-corrected chi connectivity index (χ4v) is 1.68. The summed E-state index contributed by atoms with van der Waals surface area (Å²) in [5.41, 5.74) is 2.14. The zero-order chi connectivity index (χ0) is 13.0. The molecule has 0 aromatic heterocycles. The molecule has 0 fully saturated rings. The first-order valence-corrected chi connectivity index (χ1v) is 5.74. The number of hydrogen-bond donors (Lipinski definition) is 0. The molecule has 0 amide bonds. The van der Waals surface area contributed by atoms with Gasteiger partial charge in [0.25, 0.3) is 0 Å². The number of carbonyl (C=O) groups is 1. The number of benzene rings is 2. The fraction of sp³-hybridized carbons (Fsp3) is 0.133. The van der Waals surface area contributed by atoms with E-state index in [1.807, 2.05) is 6.07 Å². The molecular formula is C15H13FO2. The molecule has 2 rings (SSSR count). The van der Waals surface area contributed by atoms with E-state index in [0.717, 1.165) is 11.1 Å². The minimum Gasteiger partial charge on any atom is -0.462 e. The van der Waals surface area contributed by atoms with E-state index in [4.69, 9.17) is 4.74 Å². The van der Waals surface area contributed by atoms with Crippen molar-refractivity contribution >= 4 is 5.97 Å². The maximum Gasteiger partial charge on any atom is 0.338 e. The molecule has 0 bridgehead atoms. The normalized spacial score (nSPS) is 10.1. The van der Waals surface area contributed by atoms with E-state index in [9.17, 15) is 9.18 Å². The first-order chi connectivity index (χ1) is 8.70. The van der Waals surface area contributed by atoms with Gasteiger partial charge in [-0.3, -0.25) is 0 Å². The van der Waals surface area contributed by atoms with Gasteiger partial charge in [0.05, 0.1) is 12.2 Å². The predicted molar refractivity (Wildman–Crippen MR) is 67.8 cm³/mol. The molecule has 0 aliphatic heterocycles. The number of halogens is 1. The number of carbonyl (C=O) groups excluding carboxylic acids is 1. The van der Waals surface area contributed by atoms with E-state index in [-0.39, 0.29) is 11.8 Å². The van der Waals surface area contributed by atoms with Crippen molar-refractivity contribution in [2.45, 2.75) is 6.92 Å². The van der Waals surface area contributed by atoms with Gasteiger partial charge in [-0.25, -0.2) is 9.18 Å². The Kier molecular flexibility index (Phi) is 3.72. The van der Waals surface area contributed by atoms with Crippen LogP contribution in [0.15, 0.2) is 48.5 Å². The van der Waals surface area contributed by atoms with Crippen molar-refractivity contribution in [1.29, 1.82) is 0 Å². The summed E-state index contributed by atoms with van der Waals surface area (Å²) < 4.78 is 18.0. The molecule has 18 heavy (non-hydrogen) atoms. The van der Waals surface area contributed by atoms with Gasteiger partial charge in [-0.05, 0) is 42.3 Å². The lowest BCUT2D eigenvalue weighted by Gasteiger charge is -2.04. The maximum atomic E-state index is 13.1. The summed E-state index contributed by atoms with van der Waals surface area (Å²) in [6.45, 7) is 2.11. The molecule has 0 atom stereocenters. The summed E-state index contributed by atoms with van der Waals surface area (Å²) in [5.74, 6) is -0.620. The lowest BCUT2D eigenvalue weighted by atomic mass is 10.0. The van der Waals surface area contributed by atoms with Crippen LogP contribution in [0.5, 0.6) is 0 Å². The van der Waals surface area contributed by atoms with Crippen molar-refractivity contribution in [1.82, 2.24) is 0 Å². The van der Waals surface area contributed by atoms with Crippen LogP contribution in [0.4, 0.5) is 4.39 Å². The van der Waals surface area contributed by atoms with Gasteiger partial charge in [0, 0.05) is 0 Å². The third kappa shape index (κ3) is 2.74. The summed E-state index contributed by atoms with van der Waals surface area (Å²) in [6, 6.07) is 13.3. The Morgan fingerprint density at radius 2 is 1.83 bits per heavy atom. The van der Waals surface area contributed by atoms with Crippen molar-refractivity contribution < 1.29 is 13.9 Å². The number of esters is 1. The van der Waals surface area contributed by atoms with Crippen molar-refractivity contribution in [3.8, 4) is 11.1 Å². The molecule has 2 nitrogen and oxygen atoms in total. The van der Waals surface area contributed by atoms with Gasteiger partial charge in [-0.1, -0.05) is 24.3 Å². The minimum atomic E-state index is -0.344. The van der Waals surface area contributed by atoms with Gasteiger partial charge in [0.15, 0.2) is 0 Å². The largest absolute Gasteiger partial charge is 0.462 e. The van der Waals surface area contributed by atoms with Crippen LogP contribution in [0, 0.1) is 5.82 Å². The second-order valence-corrected chi connectivity index (χ2v) is 3.81. The van der Waals surface area contributed by atoms with Crippen LogP contribution in [0.1, 0.15) is 17.3 Å². The smallest absolute Gasteiger partial charge is 0.338 e. The van der Waals surface area contributed by atoms with Crippen LogP contribution in [0.25, 0.3) is 11.1 Å². The molecule has 92 valence electrons. The molecule has 0 unspecified atom stereocenters. The van der Waals surface area contributed by atoms with Crippen LogP contribution < -0.4 is 0 Å². The number of hydrogen-bond acceptors (Lipinski definition) is 2. The van der Waals surface area contributed by atoms with Crippen LogP contribution in [0.3, 0.4) is 0 Å². The van der Waals surface area contributed by atoms with E-state index in [1.165, 1.54) is 12.1 Å². The summed E-state index contributed by atoms with van der Waals surface area (Å²) in [6.07, 6.45) is 0. The van der Waals surface area contributed by atoms with E-state index >= 15 is 0 Å². The lowest BCUT2D eigenvalue weighted by Crippen LogP contribution is -2.03. The van der Waals surface area contributed by atoms with Gasteiger partial charge >= 0.3 is 5.97 Å². The van der Waals surface area contributed by atoms with E-state index < -0.39 is 0 Å². The fourth-order valence-electron chi connectivity index (χ4n) is 1.68. The Labute approximate surface area is 105 Å². The molecule has 0 N–H and O–H groups in total. The molecule has 0 spiro atoms. The summed E-state index contributed by atoms with van der Waals surface area (Å²) in [4.78, 5) is 11.5. The molecular weight excluding hydrogens is 231 g/mol. The third-order valence-corrected chi connectivity index (χ3v) is 2.55. The van der Waals surface area contributed by atoms with Gasteiger partial charge < -0.3 is 4.74 Å². The Hall–Kier alpha value is -2.16. The maximum absolute atomic E-state index is 13.1. The lowest BCUT2D eigenvalue weighted by molar-refractivity contribution is 0.0526. The zero-order valence-electron chi connectivity index (χ0n) is 10.0. The standard InChI is InChI=1S/C15H13FO2/c1-2-18-15(17)12-8-6-11(7-9-12)13-4-3-5-14(16)10-13/h3-10H,2H2,1H3.